The normalized spacial score (nSPS) is 14.6. The molecular formula is C22H25N3OS. The molecule has 1 amide bonds. The van der Waals surface area contributed by atoms with Crippen LogP contribution in [0.2, 0.25) is 0 Å². The van der Waals surface area contributed by atoms with Crippen molar-refractivity contribution in [3.05, 3.63) is 60.2 Å². The number of nitrogens with zero attached hydrogens (tertiary/aromatic N) is 3. The molecule has 5 heteroatoms. The zero-order valence-corrected chi connectivity index (χ0v) is 16.3. The van der Waals surface area contributed by atoms with Crippen molar-refractivity contribution in [1.82, 2.24) is 14.5 Å². The predicted molar refractivity (Wildman–Crippen MR) is 111 cm³/mol. The Balaban J connectivity index is 1.50. The van der Waals surface area contributed by atoms with Crippen LogP contribution in [0.5, 0.6) is 0 Å². The van der Waals surface area contributed by atoms with Crippen molar-refractivity contribution in [3.8, 4) is 0 Å². The summed E-state index contributed by atoms with van der Waals surface area (Å²) in [6.07, 6.45) is 4.46. The van der Waals surface area contributed by atoms with Gasteiger partial charge in [-0.2, -0.15) is 0 Å². The van der Waals surface area contributed by atoms with E-state index in [0.717, 1.165) is 55.1 Å². The molecule has 1 saturated heterocycles. The van der Waals surface area contributed by atoms with E-state index in [9.17, 15) is 4.79 Å². The van der Waals surface area contributed by atoms with Crippen molar-refractivity contribution < 1.29 is 4.79 Å². The van der Waals surface area contributed by atoms with Crippen LogP contribution < -0.4 is 0 Å². The summed E-state index contributed by atoms with van der Waals surface area (Å²) in [6.45, 7) is 2.68. The number of para-hydroxylation sites is 2. The van der Waals surface area contributed by atoms with Gasteiger partial charge in [0.25, 0.3) is 0 Å². The lowest BCUT2D eigenvalue weighted by atomic mass is 10.1. The fourth-order valence-electron chi connectivity index (χ4n) is 3.63. The fourth-order valence-corrected chi connectivity index (χ4v) is 4.57. The summed E-state index contributed by atoms with van der Waals surface area (Å²) in [5, 5.41) is 0.942. The smallest absolute Gasteiger partial charge is 0.233 e. The number of hydrogen-bond acceptors (Lipinski definition) is 3. The number of likely N-dealkylation sites (tertiary alicyclic amines) is 1. The van der Waals surface area contributed by atoms with Crippen LogP contribution in [-0.2, 0) is 17.8 Å². The van der Waals surface area contributed by atoms with E-state index in [0.29, 0.717) is 5.75 Å². The number of thioether (sulfide) groups is 1. The molecule has 4 nitrogen and oxygen atoms in total. The second kappa shape index (κ2) is 8.61. The maximum atomic E-state index is 12.5. The zero-order chi connectivity index (χ0) is 18.5. The third-order valence-electron chi connectivity index (χ3n) is 5.12. The van der Waals surface area contributed by atoms with E-state index in [1.54, 1.807) is 11.8 Å². The number of carbonyl (C=O) groups excluding carboxylic acids is 1. The highest BCUT2D eigenvalue weighted by molar-refractivity contribution is 7.99. The molecule has 140 valence electrons. The molecule has 0 unspecified atom stereocenters. The quantitative estimate of drug-likeness (QED) is 0.597. The number of benzene rings is 2. The number of aryl methyl sites for hydroxylation is 2. The van der Waals surface area contributed by atoms with Crippen LogP contribution in [0.15, 0.2) is 59.8 Å². The molecule has 2 aromatic carbocycles. The van der Waals surface area contributed by atoms with Crippen molar-refractivity contribution in [2.24, 2.45) is 0 Å². The third kappa shape index (κ3) is 4.35. The van der Waals surface area contributed by atoms with Gasteiger partial charge in [0.15, 0.2) is 5.16 Å². The Morgan fingerprint density at radius 3 is 2.52 bits per heavy atom. The molecule has 27 heavy (non-hydrogen) atoms. The van der Waals surface area contributed by atoms with Crippen LogP contribution in [0.4, 0.5) is 0 Å². The van der Waals surface area contributed by atoms with E-state index >= 15 is 0 Å². The van der Waals surface area contributed by atoms with E-state index in [4.69, 9.17) is 4.98 Å². The molecule has 1 aliphatic heterocycles. The van der Waals surface area contributed by atoms with Gasteiger partial charge in [0.05, 0.1) is 16.8 Å². The molecule has 1 aromatic heterocycles. The van der Waals surface area contributed by atoms with Crippen molar-refractivity contribution in [1.29, 1.82) is 0 Å². The first kappa shape index (κ1) is 18.1. The first-order valence-electron chi connectivity index (χ1n) is 9.71. The highest BCUT2D eigenvalue weighted by Gasteiger charge is 2.18. The van der Waals surface area contributed by atoms with Crippen LogP contribution in [-0.4, -0.2) is 39.2 Å². The van der Waals surface area contributed by atoms with Crippen molar-refractivity contribution in [3.63, 3.8) is 0 Å². The van der Waals surface area contributed by atoms with Crippen LogP contribution in [0.3, 0.4) is 0 Å². The topological polar surface area (TPSA) is 38.1 Å². The zero-order valence-electron chi connectivity index (χ0n) is 15.5. The number of imidazole rings is 1. The van der Waals surface area contributed by atoms with E-state index in [1.165, 1.54) is 12.0 Å². The number of amides is 1. The highest BCUT2D eigenvalue weighted by atomic mass is 32.2. The van der Waals surface area contributed by atoms with E-state index < -0.39 is 0 Å². The summed E-state index contributed by atoms with van der Waals surface area (Å²) in [4.78, 5) is 19.3. The fraction of sp³-hybridized carbons (Fsp3) is 0.364. The molecule has 1 fully saturated rings. The minimum atomic E-state index is 0.237. The lowest BCUT2D eigenvalue weighted by Gasteiger charge is -2.26. The largest absolute Gasteiger partial charge is 0.342 e. The van der Waals surface area contributed by atoms with Crippen LogP contribution in [0.1, 0.15) is 24.8 Å². The lowest BCUT2D eigenvalue weighted by molar-refractivity contribution is -0.129. The van der Waals surface area contributed by atoms with Gasteiger partial charge in [-0.25, -0.2) is 4.98 Å². The Morgan fingerprint density at radius 1 is 0.963 bits per heavy atom. The molecule has 0 bridgehead atoms. The van der Waals surface area contributed by atoms with Crippen LogP contribution >= 0.6 is 11.8 Å². The van der Waals surface area contributed by atoms with Crippen molar-refractivity contribution in [2.75, 3.05) is 18.8 Å². The van der Waals surface area contributed by atoms with Crippen LogP contribution in [0, 0.1) is 0 Å². The first-order chi connectivity index (χ1) is 13.3. The number of hydrogen-bond donors (Lipinski definition) is 0. The summed E-state index contributed by atoms with van der Waals surface area (Å²) in [7, 11) is 0. The van der Waals surface area contributed by atoms with Gasteiger partial charge in [-0.1, -0.05) is 54.2 Å². The van der Waals surface area contributed by atoms with Crippen LogP contribution in [0.25, 0.3) is 11.0 Å². The minimum Gasteiger partial charge on any atom is -0.342 e. The Bertz CT molecular complexity index is 900. The summed E-state index contributed by atoms with van der Waals surface area (Å²) in [5.41, 5.74) is 3.45. The maximum absolute atomic E-state index is 12.5. The molecule has 0 aliphatic carbocycles. The van der Waals surface area contributed by atoms with Gasteiger partial charge in [0.1, 0.15) is 0 Å². The number of fused-ring (bicyclic) bond motifs is 1. The Labute approximate surface area is 164 Å². The Morgan fingerprint density at radius 2 is 1.70 bits per heavy atom. The van der Waals surface area contributed by atoms with Gasteiger partial charge in [-0.05, 0) is 43.4 Å². The Hall–Kier alpha value is -2.27. The van der Waals surface area contributed by atoms with E-state index in [2.05, 4.69) is 41.0 Å². The molecule has 1 aliphatic rings. The maximum Gasteiger partial charge on any atom is 0.233 e. The van der Waals surface area contributed by atoms with Gasteiger partial charge < -0.3 is 9.47 Å². The first-order valence-corrected chi connectivity index (χ1v) is 10.7. The van der Waals surface area contributed by atoms with Crippen molar-refractivity contribution >= 4 is 28.7 Å². The second-order valence-corrected chi connectivity index (χ2v) is 7.94. The van der Waals surface area contributed by atoms with Gasteiger partial charge in [-0.3, -0.25) is 4.79 Å². The molecule has 3 aromatic rings. The highest BCUT2D eigenvalue weighted by Crippen LogP contribution is 2.25. The predicted octanol–water partition coefficient (Wildman–Crippen LogP) is 4.38. The summed E-state index contributed by atoms with van der Waals surface area (Å²) in [5.74, 6) is 0.704. The second-order valence-electron chi connectivity index (χ2n) is 7.00. The minimum absolute atomic E-state index is 0.237. The number of carbonyl (C=O) groups is 1. The third-order valence-corrected chi connectivity index (χ3v) is 6.08. The monoisotopic (exact) mass is 379 g/mol. The number of rotatable bonds is 6. The summed E-state index contributed by atoms with van der Waals surface area (Å²) >= 11 is 1.57. The van der Waals surface area contributed by atoms with Gasteiger partial charge >= 0.3 is 0 Å². The van der Waals surface area contributed by atoms with E-state index in [1.807, 2.05) is 23.1 Å². The standard InChI is InChI=1S/C22H25N3OS/c26-21(24-14-7-2-8-15-24)17-27-22-23-19-11-5-6-12-20(19)25(22)16-13-18-9-3-1-4-10-18/h1,3-6,9-12H,2,7-8,13-17H2. The van der Waals surface area contributed by atoms with E-state index in [-0.39, 0.29) is 5.91 Å². The number of piperidine rings is 1. The molecule has 4 rings (SSSR count). The molecule has 2 heterocycles. The molecule has 0 N–H and O–H groups in total. The van der Waals surface area contributed by atoms with Gasteiger partial charge in [0, 0.05) is 19.6 Å². The summed E-state index contributed by atoms with van der Waals surface area (Å²) < 4.78 is 2.26. The number of aromatic nitrogens is 2. The SMILES string of the molecule is O=C(CSc1nc2ccccc2n1CCc1ccccc1)N1CCCCC1. The Kier molecular flexibility index (Phi) is 5.78. The molecule has 0 atom stereocenters. The van der Waals surface area contributed by atoms with Gasteiger partial charge in [0.2, 0.25) is 5.91 Å². The molecule has 0 spiro atoms. The average molecular weight is 380 g/mol. The molecule has 0 radical (unpaired) electrons. The summed E-state index contributed by atoms with van der Waals surface area (Å²) in [6, 6.07) is 18.7. The average Bonchev–Trinajstić information content (AvgIpc) is 3.09. The lowest BCUT2D eigenvalue weighted by Crippen LogP contribution is -2.36. The van der Waals surface area contributed by atoms with Crippen molar-refractivity contribution in [2.45, 2.75) is 37.4 Å². The molecular weight excluding hydrogens is 354 g/mol. The van der Waals surface area contributed by atoms with Gasteiger partial charge in [-0.15, -0.1) is 0 Å². The molecule has 0 saturated carbocycles.